The predicted octanol–water partition coefficient (Wildman–Crippen LogP) is 2.08. The summed E-state index contributed by atoms with van der Waals surface area (Å²) in [5.74, 6) is 2.23. The molecule has 0 unspecified atom stereocenters. The molecule has 94 valence electrons. The molecular weight excluding hydrogens is 232 g/mol. The number of nitro groups is 1. The summed E-state index contributed by atoms with van der Waals surface area (Å²) in [6.45, 7) is 2.76. The Kier molecular flexibility index (Phi) is 4.88. The number of nitro benzene ring substituents is 1. The second-order valence-electron chi connectivity index (χ2n) is 3.73. The van der Waals surface area contributed by atoms with Crippen LogP contribution in [0.1, 0.15) is 23.7 Å². The van der Waals surface area contributed by atoms with E-state index in [2.05, 4.69) is 5.92 Å². The van der Waals surface area contributed by atoms with E-state index in [1.54, 1.807) is 4.90 Å². The molecule has 18 heavy (non-hydrogen) atoms. The minimum atomic E-state index is -0.500. The zero-order chi connectivity index (χ0) is 13.5. The Morgan fingerprint density at radius 1 is 1.44 bits per heavy atom. The molecule has 0 atom stereocenters. The number of terminal acetylenes is 1. The molecule has 0 N–H and O–H groups in total. The number of amides is 1. The largest absolute Gasteiger partial charge is 0.328 e. The molecule has 0 fully saturated rings. The standard InChI is InChI=1S/C13H14N2O3/c1-3-9-14(10-4-2)13(16)11-5-7-12(8-6-11)15(17)18/h1,5-8H,4,9-10H2,2H3. The van der Waals surface area contributed by atoms with Crippen LogP contribution >= 0.6 is 0 Å². The Balaban J connectivity index is 2.88. The number of carbonyl (C=O) groups is 1. The van der Waals surface area contributed by atoms with Gasteiger partial charge in [0, 0.05) is 24.2 Å². The topological polar surface area (TPSA) is 63.5 Å². The molecule has 1 rings (SSSR count). The first kappa shape index (κ1) is 13.7. The third-order valence-corrected chi connectivity index (χ3v) is 2.39. The highest BCUT2D eigenvalue weighted by atomic mass is 16.6. The summed E-state index contributed by atoms with van der Waals surface area (Å²) in [7, 11) is 0. The summed E-state index contributed by atoms with van der Waals surface area (Å²) >= 11 is 0. The average molecular weight is 246 g/mol. The van der Waals surface area contributed by atoms with Gasteiger partial charge in [-0.2, -0.15) is 0 Å². The second-order valence-corrected chi connectivity index (χ2v) is 3.73. The van der Waals surface area contributed by atoms with Gasteiger partial charge in [-0.15, -0.1) is 6.42 Å². The molecule has 0 saturated heterocycles. The summed E-state index contributed by atoms with van der Waals surface area (Å²) in [5.41, 5.74) is 0.370. The Morgan fingerprint density at radius 2 is 2.06 bits per heavy atom. The maximum atomic E-state index is 12.1. The van der Waals surface area contributed by atoms with Crippen LogP contribution in [0.15, 0.2) is 24.3 Å². The first-order valence-corrected chi connectivity index (χ1v) is 5.57. The quantitative estimate of drug-likeness (QED) is 0.454. The fraction of sp³-hybridized carbons (Fsp3) is 0.308. The van der Waals surface area contributed by atoms with Crippen LogP contribution in [0.3, 0.4) is 0 Å². The summed E-state index contributed by atoms with van der Waals surface area (Å²) in [5, 5.41) is 10.5. The van der Waals surface area contributed by atoms with Gasteiger partial charge in [-0.05, 0) is 18.6 Å². The lowest BCUT2D eigenvalue weighted by atomic mass is 10.1. The molecule has 0 radical (unpaired) electrons. The number of non-ortho nitro benzene ring substituents is 1. The molecule has 1 aromatic rings. The summed E-state index contributed by atoms with van der Waals surface area (Å²) in [4.78, 5) is 23.6. The van der Waals surface area contributed by atoms with Crippen molar-refractivity contribution in [2.45, 2.75) is 13.3 Å². The van der Waals surface area contributed by atoms with Crippen LogP contribution in [-0.2, 0) is 0 Å². The zero-order valence-electron chi connectivity index (χ0n) is 10.1. The SMILES string of the molecule is C#CCN(CCC)C(=O)c1ccc([N+](=O)[O-])cc1. The van der Waals surface area contributed by atoms with Gasteiger partial charge < -0.3 is 4.90 Å². The van der Waals surface area contributed by atoms with Gasteiger partial charge in [0.15, 0.2) is 0 Å². The van der Waals surface area contributed by atoms with Crippen LogP contribution in [0.25, 0.3) is 0 Å². The molecular formula is C13H14N2O3. The van der Waals surface area contributed by atoms with E-state index >= 15 is 0 Å². The predicted molar refractivity (Wildman–Crippen MR) is 68.1 cm³/mol. The van der Waals surface area contributed by atoms with Gasteiger partial charge in [0.2, 0.25) is 0 Å². The van der Waals surface area contributed by atoms with Gasteiger partial charge in [0.1, 0.15) is 0 Å². The van der Waals surface area contributed by atoms with Gasteiger partial charge in [-0.3, -0.25) is 14.9 Å². The molecule has 0 spiro atoms. The normalized spacial score (nSPS) is 9.56. The molecule has 5 heteroatoms. The van der Waals surface area contributed by atoms with Crippen LogP contribution in [0, 0.1) is 22.5 Å². The Labute approximate surface area is 106 Å². The van der Waals surface area contributed by atoms with Crippen molar-refractivity contribution in [1.29, 1.82) is 0 Å². The minimum Gasteiger partial charge on any atom is -0.328 e. The van der Waals surface area contributed by atoms with E-state index < -0.39 is 4.92 Å². The van der Waals surface area contributed by atoms with Gasteiger partial charge >= 0.3 is 0 Å². The van der Waals surface area contributed by atoms with Gasteiger partial charge in [-0.25, -0.2) is 0 Å². The van der Waals surface area contributed by atoms with Gasteiger partial charge in [0.25, 0.3) is 11.6 Å². The molecule has 0 heterocycles. The van der Waals surface area contributed by atoms with Crippen LogP contribution in [0.5, 0.6) is 0 Å². The lowest BCUT2D eigenvalue weighted by Crippen LogP contribution is -2.32. The van der Waals surface area contributed by atoms with Crippen molar-refractivity contribution in [3.63, 3.8) is 0 Å². The van der Waals surface area contributed by atoms with E-state index in [0.717, 1.165) is 6.42 Å². The van der Waals surface area contributed by atoms with Crippen molar-refractivity contribution >= 4 is 11.6 Å². The van der Waals surface area contributed by atoms with E-state index in [1.165, 1.54) is 24.3 Å². The molecule has 0 aliphatic carbocycles. The van der Waals surface area contributed by atoms with E-state index in [0.29, 0.717) is 12.1 Å². The lowest BCUT2D eigenvalue weighted by molar-refractivity contribution is -0.384. The maximum Gasteiger partial charge on any atom is 0.269 e. The number of hydrogen-bond donors (Lipinski definition) is 0. The minimum absolute atomic E-state index is 0.0365. The second kappa shape index (κ2) is 6.40. The Hall–Kier alpha value is -2.35. The van der Waals surface area contributed by atoms with E-state index in [4.69, 9.17) is 6.42 Å². The molecule has 0 saturated carbocycles. The Morgan fingerprint density at radius 3 is 2.50 bits per heavy atom. The van der Waals surface area contributed by atoms with Crippen LogP contribution in [0.4, 0.5) is 5.69 Å². The van der Waals surface area contributed by atoms with Crippen LogP contribution in [0.2, 0.25) is 0 Å². The molecule has 0 aliphatic rings. The third kappa shape index (κ3) is 3.32. The number of rotatable bonds is 5. The number of hydrogen-bond acceptors (Lipinski definition) is 3. The molecule has 1 amide bonds. The average Bonchev–Trinajstić information content (AvgIpc) is 2.38. The summed E-state index contributed by atoms with van der Waals surface area (Å²) < 4.78 is 0. The van der Waals surface area contributed by atoms with Crippen molar-refractivity contribution in [3.05, 3.63) is 39.9 Å². The van der Waals surface area contributed by atoms with Crippen molar-refractivity contribution in [2.75, 3.05) is 13.1 Å². The first-order valence-electron chi connectivity index (χ1n) is 5.57. The third-order valence-electron chi connectivity index (χ3n) is 2.39. The van der Waals surface area contributed by atoms with Crippen molar-refractivity contribution in [2.24, 2.45) is 0 Å². The highest BCUT2D eigenvalue weighted by Gasteiger charge is 2.15. The fourth-order valence-corrected chi connectivity index (χ4v) is 1.54. The van der Waals surface area contributed by atoms with Gasteiger partial charge in [-0.1, -0.05) is 12.8 Å². The monoisotopic (exact) mass is 246 g/mol. The number of benzene rings is 1. The highest BCUT2D eigenvalue weighted by Crippen LogP contribution is 2.13. The molecule has 1 aromatic carbocycles. The Bertz CT molecular complexity index is 474. The molecule has 0 bridgehead atoms. The van der Waals surface area contributed by atoms with Crippen LogP contribution in [-0.4, -0.2) is 28.8 Å². The van der Waals surface area contributed by atoms with Crippen molar-refractivity contribution in [3.8, 4) is 12.3 Å². The first-order chi connectivity index (χ1) is 8.60. The van der Waals surface area contributed by atoms with Crippen LogP contribution < -0.4 is 0 Å². The summed E-state index contributed by atoms with van der Waals surface area (Å²) in [6, 6.07) is 5.51. The lowest BCUT2D eigenvalue weighted by Gasteiger charge is -2.19. The number of nitrogens with zero attached hydrogens (tertiary/aromatic N) is 2. The molecule has 0 aromatic heterocycles. The zero-order valence-corrected chi connectivity index (χ0v) is 10.1. The molecule has 0 aliphatic heterocycles. The maximum absolute atomic E-state index is 12.1. The highest BCUT2D eigenvalue weighted by molar-refractivity contribution is 5.94. The fourth-order valence-electron chi connectivity index (χ4n) is 1.54. The van der Waals surface area contributed by atoms with E-state index in [9.17, 15) is 14.9 Å². The van der Waals surface area contributed by atoms with Crippen molar-refractivity contribution < 1.29 is 9.72 Å². The van der Waals surface area contributed by atoms with E-state index in [1.807, 2.05) is 6.92 Å². The van der Waals surface area contributed by atoms with Gasteiger partial charge in [0.05, 0.1) is 11.5 Å². The number of carbonyl (C=O) groups excluding carboxylic acids is 1. The molecule has 5 nitrogen and oxygen atoms in total. The summed E-state index contributed by atoms with van der Waals surface area (Å²) in [6.07, 6.45) is 6.01. The smallest absolute Gasteiger partial charge is 0.269 e. The van der Waals surface area contributed by atoms with Crippen molar-refractivity contribution in [1.82, 2.24) is 4.90 Å². The van der Waals surface area contributed by atoms with E-state index in [-0.39, 0.29) is 18.1 Å².